The van der Waals surface area contributed by atoms with Crippen molar-refractivity contribution >= 4 is 34.2 Å². The molecule has 4 heterocycles. The zero-order chi connectivity index (χ0) is 24.5. The summed E-state index contributed by atoms with van der Waals surface area (Å²) in [4.78, 5) is 37.6. The van der Waals surface area contributed by atoms with E-state index in [-0.39, 0.29) is 35.5 Å². The molecule has 1 amide bonds. The highest BCUT2D eigenvalue weighted by Crippen LogP contribution is 2.29. The quantitative estimate of drug-likeness (QED) is 0.355. The number of alkyl halides is 2. The Morgan fingerprint density at radius 3 is 2.91 bits per heavy atom. The molecule has 0 fully saturated rings. The molecule has 8 nitrogen and oxygen atoms in total. The summed E-state index contributed by atoms with van der Waals surface area (Å²) in [6.45, 7) is 0.364. The number of benzene rings is 1. The lowest BCUT2D eigenvalue weighted by Crippen LogP contribution is -2.36. The van der Waals surface area contributed by atoms with Crippen LogP contribution in [0.15, 0.2) is 53.6 Å². The zero-order valence-corrected chi connectivity index (χ0v) is 19.1. The Bertz CT molecular complexity index is 1440. The summed E-state index contributed by atoms with van der Waals surface area (Å²) >= 11 is 6.33. The monoisotopic (exact) mass is 498 g/mol. The van der Waals surface area contributed by atoms with Crippen LogP contribution >= 0.6 is 11.6 Å². The molecule has 4 aromatic rings. The molecule has 0 spiro atoms. The first kappa shape index (κ1) is 23.0. The van der Waals surface area contributed by atoms with Gasteiger partial charge in [0.05, 0.1) is 12.2 Å². The molecule has 0 aliphatic carbocycles. The Morgan fingerprint density at radius 2 is 2.11 bits per heavy atom. The first-order valence-electron chi connectivity index (χ1n) is 11.0. The van der Waals surface area contributed by atoms with Crippen LogP contribution in [0.5, 0.6) is 0 Å². The number of H-pyrrole nitrogens is 1. The van der Waals surface area contributed by atoms with Crippen molar-refractivity contribution in [2.24, 2.45) is 0 Å². The predicted octanol–water partition coefficient (Wildman–Crippen LogP) is 4.13. The summed E-state index contributed by atoms with van der Waals surface area (Å²) in [5.41, 5.74) is 2.20. The molecule has 3 aromatic heterocycles. The summed E-state index contributed by atoms with van der Waals surface area (Å²) in [7, 11) is 0. The van der Waals surface area contributed by atoms with Crippen molar-refractivity contribution in [1.29, 1.82) is 0 Å². The minimum absolute atomic E-state index is 0.0379. The van der Waals surface area contributed by atoms with Gasteiger partial charge >= 0.3 is 0 Å². The Morgan fingerprint density at radius 1 is 1.26 bits per heavy atom. The zero-order valence-electron chi connectivity index (χ0n) is 18.4. The number of amides is 1. The topological polar surface area (TPSA) is 105 Å². The normalized spacial score (nSPS) is 14.9. The maximum absolute atomic E-state index is 13.2. The van der Waals surface area contributed by atoms with E-state index in [1.54, 1.807) is 18.5 Å². The fourth-order valence-corrected chi connectivity index (χ4v) is 4.59. The molecule has 3 N–H and O–H groups in total. The largest absolute Gasteiger partial charge is 0.361 e. The second kappa shape index (κ2) is 9.46. The standard InChI is InChI=1S/C24H21ClF2N6O2/c25-20-18-4-5-19(23(34)30-12-16-9-15-11-28-7-6-17(15)31-16)33(18)24(35)22(32-20)29-10-13-2-1-3-14(8-13)21(26)27/h1-3,6-9,11,19,21,31H,4-5,10,12H2,(H,29,32)(H,30,34)/t19-/m0/s1. The number of aromatic amines is 1. The lowest BCUT2D eigenvalue weighted by atomic mass is 10.1. The molecule has 0 unspecified atom stereocenters. The van der Waals surface area contributed by atoms with E-state index < -0.39 is 18.0 Å². The van der Waals surface area contributed by atoms with Crippen molar-refractivity contribution in [2.45, 2.75) is 38.4 Å². The lowest BCUT2D eigenvalue weighted by molar-refractivity contribution is -0.124. The molecule has 0 bridgehead atoms. The minimum atomic E-state index is -2.59. The summed E-state index contributed by atoms with van der Waals surface area (Å²) in [5, 5.41) is 6.83. The number of nitrogens with zero attached hydrogens (tertiary/aromatic N) is 3. The van der Waals surface area contributed by atoms with Crippen LogP contribution in [0.2, 0.25) is 5.15 Å². The van der Waals surface area contributed by atoms with Crippen LogP contribution in [0.3, 0.4) is 0 Å². The third-order valence-corrected chi connectivity index (χ3v) is 6.32. The van der Waals surface area contributed by atoms with Crippen molar-refractivity contribution in [3.05, 3.63) is 86.8 Å². The molecule has 0 saturated heterocycles. The van der Waals surface area contributed by atoms with E-state index in [4.69, 9.17) is 11.6 Å². The van der Waals surface area contributed by atoms with Crippen molar-refractivity contribution in [2.75, 3.05) is 5.32 Å². The highest BCUT2D eigenvalue weighted by molar-refractivity contribution is 6.30. The second-order valence-electron chi connectivity index (χ2n) is 8.30. The number of hydrogen-bond acceptors (Lipinski definition) is 5. The molecule has 5 rings (SSSR count). The molecule has 1 aromatic carbocycles. The van der Waals surface area contributed by atoms with Gasteiger partial charge in [0.2, 0.25) is 5.91 Å². The predicted molar refractivity (Wildman–Crippen MR) is 128 cm³/mol. The number of nitrogens with one attached hydrogen (secondary N) is 3. The van der Waals surface area contributed by atoms with Crippen LogP contribution in [0.4, 0.5) is 14.6 Å². The third kappa shape index (κ3) is 4.61. The van der Waals surface area contributed by atoms with Crippen LogP contribution < -0.4 is 16.2 Å². The first-order chi connectivity index (χ1) is 16.9. The van der Waals surface area contributed by atoms with Crippen molar-refractivity contribution in [3.63, 3.8) is 0 Å². The summed E-state index contributed by atoms with van der Waals surface area (Å²) in [6.07, 6.45) is 1.68. The summed E-state index contributed by atoms with van der Waals surface area (Å²) in [5.74, 6) is -0.343. The number of hydrogen-bond donors (Lipinski definition) is 3. The molecule has 1 aliphatic rings. The average molecular weight is 499 g/mol. The van der Waals surface area contributed by atoms with E-state index in [0.717, 1.165) is 16.6 Å². The van der Waals surface area contributed by atoms with Crippen molar-refractivity contribution < 1.29 is 13.6 Å². The second-order valence-corrected chi connectivity index (χ2v) is 8.66. The number of carbonyl (C=O) groups is 1. The molecule has 0 saturated carbocycles. The Kier molecular flexibility index (Phi) is 6.21. The highest BCUT2D eigenvalue weighted by Gasteiger charge is 2.32. The average Bonchev–Trinajstić information content (AvgIpc) is 3.49. The maximum atomic E-state index is 13.2. The van der Waals surface area contributed by atoms with E-state index in [2.05, 4.69) is 25.6 Å². The van der Waals surface area contributed by atoms with E-state index in [1.807, 2.05) is 12.1 Å². The van der Waals surface area contributed by atoms with Crippen LogP contribution in [0.1, 0.15) is 41.4 Å². The van der Waals surface area contributed by atoms with Gasteiger partial charge in [-0.05, 0) is 36.6 Å². The van der Waals surface area contributed by atoms with Gasteiger partial charge in [-0.15, -0.1) is 0 Å². The van der Waals surface area contributed by atoms with Gasteiger partial charge in [0.15, 0.2) is 11.0 Å². The van der Waals surface area contributed by atoms with Crippen LogP contribution in [-0.2, 0) is 24.3 Å². The fourth-order valence-electron chi connectivity index (χ4n) is 4.32. The van der Waals surface area contributed by atoms with Gasteiger partial charge in [-0.25, -0.2) is 13.8 Å². The molecular formula is C24H21ClF2N6O2. The Hall–Kier alpha value is -3.79. The molecule has 180 valence electrons. The highest BCUT2D eigenvalue weighted by atomic mass is 35.5. The first-order valence-corrected chi connectivity index (χ1v) is 11.4. The van der Waals surface area contributed by atoms with Crippen LogP contribution in [-0.4, -0.2) is 25.4 Å². The summed E-state index contributed by atoms with van der Waals surface area (Å²) in [6, 6.07) is 8.92. The molecule has 11 heteroatoms. The number of pyridine rings is 1. The summed E-state index contributed by atoms with van der Waals surface area (Å²) < 4.78 is 27.3. The number of carbonyl (C=O) groups excluding carboxylic acids is 1. The van der Waals surface area contributed by atoms with Crippen molar-refractivity contribution in [3.8, 4) is 0 Å². The SMILES string of the molecule is O=C(NCc1cc2cnccc2[nH]1)[C@@H]1CCc2c(Cl)nc(NCc3cccc(C(F)F)c3)c(=O)n21. The van der Waals surface area contributed by atoms with Gasteiger partial charge in [0, 0.05) is 41.1 Å². The number of aromatic nitrogens is 4. The van der Waals surface area contributed by atoms with Gasteiger partial charge < -0.3 is 15.6 Å². The fraction of sp³-hybridized carbons (Fsp3) is 0.250. The van der Waals surface area contributed by atoms with Crippen LogP contribution in [0, 0.1) is 0 Å². The number of anilines is 1. The Labute approximate surface area is 203 Å². The van der Waals surface area contributed by atoms with Gasteiger partial charge in [0.25, 0.3) is 12.0 Å². The van der Waals surface area contributed by atoms with Gasteiger partial charge in [-0.3, -0.25) is 19.1 Å². The van der Waals surface area contributed by atoms with Crippen molar-refractivity contribution in [1.82, 2.24) is 24.8 Å². The maximum Gasteiger partial charge on any atom is 0.294 e. The number of halogens is 3. The Balaban J connectivity index is 1.32. The lowest BCUT2D eigenvalue weighted by Gasteiger charge is -2.16. The number of rotatable bonds is 7. The van der Waals surface area contributed by atoms with Gasteiger partial charge in [-0.1, -0.05) is 29.8 Å². The van der Waals surface area contributed by atoms with E-state index in [1.165, 1.54) is 22.8 Å². The van der Waals surface area contributed by atoms with Gasteiger partial charge in [0.1, 0.15) is 6.04 Å². The van der Waals surface area contributed by atoms with E-state index in [0.29, 0.717) is 24.1 Å². The number of fused-ring (bicyclic) bond motifs is 2. The molecule has 0 radical (unpaired) electrons. The smallest absolute Gasteiger partial charge is 0.294 e. The van der Waals surface area contributed by atoms with Crippen LogP contribution in [0.25, 0.3) is 10.9 Å². The molecule has 1 aliphatic heterocycles. The third-order valence-electron chi connectivity index (χ3n) is 6.02. The molecule has 35 heavy (non-hydrogen) atoms. The molecule has 1 atom stereocenters. The van der Waals surface area contributed by atoms with E-state index >= 15 is 0 Å². The molecular weight excluding hydrogens is 478 g/mol. The minimum Gasteiger partial charge on any atom is -0.361 e. The van der Waals surface area contributed by atoms with Gasteiger partial charge in [-0.2, -0.15) is 0 Å². The van der Waals surface area contributed by atoms with E-state index in [9.17, 15) is 18.4 Å².